The lowest BCUT2D eigenvalue weighted by atomic mass is 9.84. The van der Waals surface area contributed by atoms with E-state index in [2.05, 4.69) is 0 Å². The van der Waals surface area contributed by atoms with E-state index in [9.17, 15) is 18.3 Å². The lowest BCUT2D eigenvalue weighted by molar-refractivity contribution is -0.137. The van der Waals surface area contributed by atoms with E-state index in [0.29, 0.717) is 18.7 Å². The first kappa shape index (κ1) is 16.6. The molecule has 0 radical (unpaired) electrons. The predicted octanol–water partition coefficient (Wildman–Crippen LogP) is 3.71. The highest BCUT2D eigenvalue weighted by molar-refractivity contribution is 5.56. The van der Waals surface area contributed by atoms with Crippen LogP contribution in [-0.2, 0) is 6.18 Å². The predicted molar refractivity (Wildman–Crippen MR) is 77.5 cm³/mol. The Morgan fingerprint density at radius 2 is 2.09 bits per heavy atom. The van der Waals surface area contributed by atoms with Crippen molar-refractivity contribution in [2.24, 2.45) is 0 Å². The van der Waals surface area contributed by atoms with Gasteiger partial charge in [0.1, 0.15) is 0 Å². The number of alkyl halides is 3. The zero-order valence-corrected chi connectivity index (χ0v) is 12.5. The van der Waals surface area contributed by atoms with Gasteiger partial charge in [0.2, 0.25) is 0 Å². The van der Waals surface area contributed by atoms with Crippen LogP contribution < -0.4 is 4.90 Å². The molecule has 1 fully saturated rings. The maximum absolute atomic E-state index is 13.1. The van der Waals surface area contributed by atoms with Crippen LogP contribution in [0.5, 0.6) is 0 Å². The minimum atomic E-state index is -4.56. The van der Waals surface area contributed by atoms with Crippen LogP contribution in [0.15, 0.2) is 18.2 Å². The van der Waals surface area contributed by atoms with Crippen LogP contribution in [0.2, 0.25) is 0 Å². The Morgan fingerprint density at radius 3 is 2.64 bits per heavy atom. The molecule has 1 aromatic rings. The van der Waals surface area contributed by atoms with Crippen molar-refractivity contribution in [2.75, 3.05) is 18.1 Å². The van der Waals surface area contributed by atoms with Crippen LogP contribution in [-0.4, -0.2) is 23.8 Å². The average molecular weight is 312 g/mol. The van der Waals surface area contributed by atoms with E-state index in [1.54, 1.807) is 12.1 Å². The molecule has 1 aliphatic rings. The van der Waals surface area contributed by atoms with Crippen LogP contribution in [0.25, 0.3) is 0 Å². The lowest BCUT2D eigenvalue weighted by Gasteiger charge is -2.47. The summed E-state index contributed by atoms with van der Waals surface area (Å²) >= 11 is 0. The fourth-order valence-electron chi connectivity index (χ4n) is 3.18. The molecule has 0 spiro atoms. The first-order valence-electron chi connectivity index (χ1n) is 7.38. The third-order valence-corrected chi connectivity index (χ3v) is 4.54. The molecule has 1 heterocycles. The molecule has 120 valence electrons. The summed E-state index contributed by atoms with van der Waals surface area (Å²) in [5.41, 5.74) is -1.39. The second kappa shape index (κ2) is 6.17. The highest BCUT2D eigenvalue weighted by Crippen LogP contribution is 2.39. The number of benzene rings is 1. The molecule has 1 N–H and O–H groups in total. The Hall–Kier alpha value is -1.74. The quantitative estimate of drug-likeness (QED) is 0.925. The first-order valence-corrected chi connectivity index (χ1v) is 7.38. The van der Waals surface area contributed by atoms with E-state index in [1.807, 2.05) is 11.8 Å². The summed E-state index contributed by atoms with van der Waals surface area (Å²) in [7, 11) is 0. The van der Waals surface area contributed by atoms with Gasteiger partial charge in [-0.3, -0.25) is 0 Å². The van der Waals surface area contributed by atoms with Crippen molar-refractivity contribution >= 4 is 5.69 Å². The highest BCUT2D eigenvalue weighted by atomic mass is 19.4. The Morgan fingerprint density at radius 1 is 1.36 bits per heavy atom. The normalized spacial score (nSPS) is 22.5. The van der Waals surface area contributed by atoms with Gasteiger partial charge < -0.3 is 10.0 Å². The molecule has 0 saturated carbocycles. The smallest absolute Gasteiger partial charge is 0.394 e. The number of hydrogen-bond donors (Lipinski definition) is 1. The number of nitrogens with zero attached hydrogens (tertiary/aromatic N) is 2. The highest BCUT2D eigenvalue weighted by Gasteiger charge is 2.39. The Bertz CT molecular complexity index is 574. The van der Waals surface area contributed by atoms with Gasteiger partial charge in [-0.2, -0.15) is 18.4 Å². The summed E-state index contributed by atoms with van der Waals surface area (Å²) in [6.07, 6.45) is -1.33. The maximum Gasteiger partial charge on any atom is 0.417 e. The molecule has 1 atom stereocenters. The van der Waals surface area contributed by atoms with Gasteiger partial charge in [0, 0.05) is 12.2 Å². The Kier molecular flexibility index (Phi) is 4.66. The zero-order chi connectivity index (χ0) is 16.4. The molecule has 2 rings (SSSR count). The van der Waals surface area contributed by atoms with Crippen LogP contribution in [0, 0.1) is 11.3 Å². The SMILES string of the molecule is CCC1(CO)CCCCN1c1ccc(C#N)c(C(F)(F)F)c1. The third kappa shape index (κ3) is 2.91. The van der Waals surface area contributed by atoms with E-state index in [-0.39, 0.29) is 12.2 Å². The second-order valence-electron chi connectivity index (χ2n) is 5.68. The summed E-state index contributed by atoms with van der Waals surface area (Å²) in [5, 5.41) is 18.7. The standard InChI is InChI=1S/C16H19F3N2O/c1-2-15(11-22)7-3-4-8-21(15)13-6-5-12(10-20)14(9-13)16(17,18)19/h5-6,9,22H,2-4,7-8,11H2,1H3. The molecule has 22 heavy (non-hydrogen) atoms. The van der Waals surface area contributed by atoms with Gasteiger partial charge in [-0.1, -0.05) is 6.92 Å². The fraction of sp³-hybridized carbons (Fsp3) is 0.562. The van der Waals surface area contributed by atoms with Crippen molar-refractivity contribution in [1.29, 1.82) is 5.26 Å². The molecular formula is C16H19F3N2O. The topological polar surface area (TPSA) is 47.3 Å². The number of aliphatic hydroxyl groups is 1. The second-order valence-corrected chi connectivity index (χ2v) is 5.68. The van der Waals surface area contributed by atoms with E-state index in [4.69, 9.17) is 5.26 Å². The van der Waals surface area contributed by atoms with Gasteiger partial charge in [0.05, 0.1) is 29.3 Å². The number of piperidine rings is 1. The molecular weight excluding hydrogens is 293 g/mol. The van der Waals surface area contributed by atoms with Crippen molar-refractivity contribution < 1.29 is 18.3 Å². The summed E-state index contributed by atoms with van der Waals surface area (Å²) in [6, 6.07) is 5.38. The monoisotopic (exact) mass is 312 g/mol. The third-order valence-electron chi connectivity index (χ3n) is 4.54. The molecule has 0 amide bonds. The number of rotatable bonds is 3. The largest absolute Gasteiger partial charge is 0.417 e. The van der Waals surface area contributed by atoms with Gasteiger partial charge in [0.25, 0.3) is 0 Å². The van der Waals surface area contributed by atoms with Gasteiger partial charge in [0.15, 0.2) is 0 Å². The van der Waals surface area contributed by atoms with Gasteiger partial charge in [-0.05, 0) is 43.9 Å². The maximum atomic E-state index is 13.1. The fourth-order valence-corrected chi connectivity index (χ4v) is 3.18. The Labute approximate surface area is 128 Å². The van der Waals surface area contributed by atoms with E-state index < -0.39 is 17.3 Å². The molecule has 0 bridgehead atoms. The number of anilines is 1. The molecule has 1 aliphatic heterocycles. The van der Waals surface area contributed by atoms with Gasteiger partial charge in [-0.25, -0.2) is 0 Å². The van der Waals surface area contributed by atoms with Crippen molar-refractivity contribution in [1.82, 2.24) is 0 Å². The molecule has 0 aliphatic carbocycles. The summed E-state index contributed by atoms with van der Waals surface area (Å²) in [5.74, 6) is 0. The minimum Gasteiger partial charge on any atom is -0.394 e. The van der Waals surface area contributed by atoms with Crippen LogP contribution in [0.3, 0.4) is 0 Å². The average Bonchev–Trinajstić information content (AvgIpc) is 2.53. The molecule has 0 aromatic heterocycles. The molecule has 1 unspecified atom stereocenters. The first-order chi connectivity index (χ1) is 10.4. The molecule has 1 aromatic carbocycles. The summed E-state index contributed by atoms with van der Waals surface area (Å²) in [4.78, 5) is 1.87. The number of nitriles is 1. The lowest BCUT2D eigenvalue weighted by Crippen LogP contribution is -2.54. The number of aliphatic hydroxyl groups excluding tert-OH is 1. The van der Waals surface area contributed by atoms with Crippen molar-refractivity contribution in [2.45, 2.75) is 44.3 Å². The number of halogens is 3. The van der Waals surface area contributed by atoms with E-state index >= 15 is 0 Å². The van der Waals surface area contributed by atoms with Crippen LogP contribution in [0.4, 0.5) is 18.9 Å². The van der Waals surface area contributed by atoms with Crippen LogP contribution in [0.1, 0.15) is 43.7 Å². The van der Waals surface area contributed by atoms with Crippen molar-refractivity contribution in [3.63, 3.8) is 0 Å². The van der Waals surface area contributed by atoms with Gasteiger partial charge in [-0.15, -0.1) is 0 Å². The zero-order valence-electron chi connectivity index (χ0n) is 12.5. The summed E-state index contributed by atoms with van der Waals surface area (Å²) < 4.78 is 39.4. The Balaban J connectivity index is 2.50. The van der Waals surface area contributed by atoms with Crippen molar-refractivity contribution in [3.05, 3.63) is 29.3 Å². The van der Waals surface area contributed by atoms with Crippen molar-refractivity contribution in [3.8, 4) is 6.07 Å². The van der Waals surface area contributed by atoms with Crippen LogP contribution >= 0.6 is 0 Å². The number of hydrogen-bond acceptors (Lipinski definition) is 3. The molecule has 1 saturated heterocycles. The van der Waals surface area contributed by atoms with Gasteiger partial charge >= 0.3 is 6.18 Å². The van der Waals surface area contributed by atoms with E-state index in [1.165, 1.54) is 6.07 Å². The minimum absolute atomic E-state index is 0.0924. The molecule has 3 nitrogen and oxygen atoms in total. The molecule has 6 heteroatoms. The van der Waals surface area contributed by atoms with E-state index in [0.717, 1.165) is 25.3 Å². The summed E-state index contributed by atoms with van der Waals surface area (Å²) in [6.45, 7) is 2.45.